The minimum atomic E-state index is -0.760. The number of imidazole rings is 1. The summed E-state index contributed by atoms with van der Waals surface area (Å²) in [5.41, 5.74) is 17.0. The van der Waals surface area contributed by atoms with Crippen molar-refractivity contribution in [1.29, 1.82) is 0 Å². The third-order valence-electron chi connectivity index (χ3n) is 7.18. The Bertz CT molecular complexity index is 1390. The molecule has 37 heavy (non-hydrogen) atoms. The summed E-state index contributed by atoms with van der Waals surface area (Å²) in [6, 6.07) is 16.7. The number of carboxylic acids is 1. The molecule has 2 heterocycles. The molecule has 8 nitrogen and oxygen atoms in total. The van der Waals surface area contributed by atoms with Crippen LogP contribution in [0.5, 0.6) is 0 Å². The number of halogens is 1. The third-order valence-corrected chi connectivity index (χ3v) is 7.46. The molecule has 1 aliphatic heterocycles. The summed E-state index contributed by atoms with van der Waals surface area (Å²) in [6.07, 6.45) is 4.42. The Morgan fingerprint density at radius 2 is 1.89 bits per heavy atom. The van der Waals surface area contributed by atoms with Gasteiger partial charge >= 0.3 is 5.97 Å². The molecular weight excluding hydrogens is 490 g/mol. The van der Waals surface area contributed by atoms with E-state index in [1.165, 1.54) is 0 Å². The Balaban J connectivity index is 1.50. The molecule has 0 bridgehead atoms. The average Bonchev–Trinajstić information content (AvgIpc) is 3.29. The lowest BCUT2D eigenvalue weighted by Gasteiger charge is -2.38. The molecule has 1 aliphatic carbocycles. The highest BCUT2D eigenvalue weighted by atomic mass is 35.5. The number of allylic oxidation sites excluding steroid dienone is 2. The van der Waals surface area contributed by atoms with Crippen LogP contribution >= 0.6 is 11.6 Å². The SMILES string of the molecule is NC(=O)c1ccc(-c2nc([C@H](Cc3ccccc3)N3CC=C4CC(C(=O)O)CCC4=C3N)[nH]c2Cl)cc1. The van der Waals surface area contributed by atoms with Crippen LogP contribution in [0.4, 0.5) is 0 Å². The maximum Gasteiger partial charge on any atom is 0.306 e. The van der Waals surface area contributed by atoms with E-state index in [1.807, 2.05) is 18.2 Å². The van der Waals surface area contributed by atoms with E-state index in [4.69, 9.17) is 28.1 Å². The number of nitrogens with two attached hydrogens (primary N) is 2. The topological polar surface area (TPSA) is 138 Å². The first-order valence-corrected chi connectivity index (χ1v) is 12.6. The number of rotatable bonds is 7. The van der Waals surface area contributed by atoms with Gasteiger partial charge in [0, 0.05) is 24.1 Å². The highest BCUT2D eigenvalue weighted by Gasteiger charge is 2.34. The molecule has 2 aliphatic rings. The zero-order valence-electron chi connectivity index (χ0n) is 20.2. The molecule has 1 unspecified atom stereocenters. The molecule has 9 heteroatoms. The highest BCUT2D eigenvalue weighted by Crippen LogP contribution is 2.40. The van der Waals surface area contributed by atoms with Gasteiger partial charge in [0.15, 0.2) is 0 Å². The van der Waals surface area contributed by atoms with Gasteiger partial charge in [-0.3, -0.25) is 9.59 Å². The van der Waals surface area contributed by atoms with Crippen molar-refractivity contribution in [2.75, 3.05) is 6.54 Å². The molecule has 2 atom stereocenters. The minimum absolute atomic E-state index is 0.235. The predicted molar refractivity (Wildman–Crippen MR) is 141 cm³/mol. The monoisotopic (exact) mass is 517 g/mol. The van der Waals surface area contributed by atoms with E-state index in [-0.39, 0.29) is 12.0 Å². The standard InChI is InChI=1S/C28H28ClN5O3/c29-24-23(17-6-8-18(9-7-17)26(31)35)32-27(33-24)22(14-16-4-2-1-3-5-16)34-13-12-19-15-20(28(36)37)10-11-21(19)25(34)30/h1-9,12,20,22H,10-11,13-15,30H2,(H2,31,35)(H,32,33)(H,36,37)/t20?,22-/m0/s1. The molecule has 190 valence electrons. The molecule has 0 saturated heterocycles. The van der Waals surface area contributed by atoms with Crippen molar-refractivity contribution >= 4 is 23.5 Å². The van der Waals surface area contributed by atoms with Crippen LogP contribution < -0.4 is 11.5 Å². The van der Waals surface area contributed by atoms with Crippen LogP contribution in [0.1, 0.15) is 47.1 Å². The predicted octanol–water partition coefficient (Wildman–Crippen LogP) is 4.41. The first-order valence-electron chi connectivity index (χ1n) is 12.2. The van der Waals surface area contributed by atoms with E-state index in [1.54, 1.807) is 24.3 Å². The van der Waals surface area contributed by atoms with Crippen molar-refractivity contribution in [2.45, 2.75) is 31.7 Å². The molecule has 1 saturated carbocycles. The summed E-state index contributed by atoms with van der Waals surface area (Å²) in [5.74, 6) is -0.308. The number of carboxylic acid groups (broad SMARTS) is 1. The van der Waals surface area contributed by atoms with Gasteiger partial charge in [0.05, 0.1) is 12.0 Å². The van der Waals surface area contributed by atoms with Gasteiger partial charge in [0.25, 0.3) is 0 Å². The summed E-state index contributed by atoms with van der Waals surface area (Å²) < 4.78 is 0. The maximum absolute atomic E-state index is 11.5. The van der Waals surface area contributed by atoms with Gasteiger partial charge in [-0.05, 0) is 48.1 Å². The zero-order valence-corrected chi connectivity index (χ0v) is 20.9. The number of aliphatic carboxylic acids is 1. The van der Waals surface area contributed by atoms with Gasteiger partial charge in [-0.1, -0.05) is 60.1 Å². The largest absolute Gasteiger partial charge is 0.481 e. The van der Waals surface area contributed by atoms with Crippen LogP contribution in [0.3, 0.4) is 0 Å². The second-order valence-corrected chi connectivity index (χ2v) is 9.83. The van der Waals surface area contributed by atoms with Gasteiger partial charge in [-0.2, -0.15) is 0 Å². The number of amides is 1. The number of fused-ring (bicyclic) bond motifs is 1. The molecule has 3 aromatic rings. The number of H-pyrrole nitrogens is 1. The van der Waals surface area contributed by atoms with Gasteiger partial charge < -0.3 is 26.5 Å². The van der Waals surface area contributed by atoms with Gasteiger partial charge in [-0.15, -0.1) is 0 Å². The van der Waals surface area contributed by atoms with E-state index in [2.05, 4.69) is 28.1 Å². The number of aromatic amines is 1. The first-order chi connectivity index (χ1) is 17.8. The number of primary amides is 1. The van der Waals surface area contributed by atoms with Crippen molar-refractivity contribution in [3.63, 3.8) is 0 Å². The molecule has 1 amide bonds. The fraction of sp³-hybridized carbons (Fsp3) is 0.250. The van der Waals surface area contributed by atoms with Gasteiger partial charge in [-0.25, -0.2) is 4.98 Å². The Kier molecular flexibility index (Phi) is 6.76. The Hall–Kier alpha value is -4.04. The number of benzene rings is 2. The van der Waals surface area contributed by atoms with Crippen molar-refractivity contribution in [2.24, 2.45) is 17.4 Å². The van der Waals surface area contributed by atoms with E-state index < -0.39 is 11.9 Å². The molecule has 1 fully saturated rings. The van der Waals surface area contributed by atoms with Crippen molar-refractivity contribution in [3.8, 4) is 11.3 Å². The summed E-state index contributed by atoms with van der Waals surface area (Å²) >= 11 is 6.62. The summed E-state index contributed by atoms with van der Waals surface area (Å²) in [7, 11) is 0. The smallest absolute Gasteiger partial charge is 0.306 e. The number of carbonyl (C=O) groups is 2. The van der Waals surface area contributed by atoms with Gasteiger partial charge in [0.2, 0.25) is 5.91 Å². The first kappa shape index (κ1) is 24.6. The second kappa shape index (κ2) is 10.1. The Labute approximate surface area is 219 Å². The molecule has 0 spiro atoms. The molecular formula is C28H28ClN5O3. The lowest BCUT2D eigenvalue weighted by Crippen LogP contribution is -2.38. The van der Waals surface area contributed by atoms with Gasteiger partial charge in [0.1, 0.15) is 22.5 Å². The van der Waals surface area contributed by atoms with Crippen LogP contribution in [-0.4, -0.2) is 38.4 Å². The van der Waals surface area contributed by atoms with E-state index in [0.717, 1.165) is 22.3 Å². The van der Waals surface area contributed by atoms with E-state index in [0.29, 0.717) is 60.3 Å². The Morgan fingerprint density at radius 1 is 1.16 bits per heavy atom. The maximum atomic E-state index is 11.5. The highest BCUT2D eigenvalue weighted by molar-refractivity contribution is 6.31. The fourth-order valence-corrected chi connectivity index (χ4v) is 5.41. The number of nitrogens with one attached hydrogen (secondary N) is 1. The molecule has 1 aromatic heterocycles. The lowest BCUT2D eigenvalue weighted by atomic mass is 9.80. The van der Waals surface area contributed by atoms with Crippen molar-refractivity contribution < 1.29 is 14.7 Å². The van der Waals surface area contributed by atoms with E-state index >= 15 is 0 Å². The zero-order chi connectivity index (χ0) is 26.1. The van der Waals surface area contributed by atoms with Crippen molar-refractivity contribution in [3.05, 3.63) is 99.7 Å². The van der Waals surface area contributed by atoms with Crippen molar-refractivity contribution in [1.82, 2.24) is 14.9 Å². The number of hydrogen-bond donors (Lipinski definition) is 4. The molecule has 6 N–H and O–H groups in total. The van der Waals surface area contributed by atoms with Crippen LogP contribution in [0.25, 0.3) is 11.3 Å². The van der Waals surface area contributed by atoms with Crippen LogP contribution in [0.15, 0.2) is 77.6 Å². The number of carbonyl (C=O) groups excluding carboxylic acids is 1. The number of aromatic nitrogens is 2. The molecule has 5 rings (SSSR count). The quantitative estimate of drug-likeness (QED) is 0.366. The average molecular weight is 518 g/mol. The fourth-order valence-electron chi connectivity index (χ4n) is 5.16. The number of nitrogens with zero attached hydrogens (tertiary/aromatic N) is 2. The van der Waals surface area contributed by atoms with E-state index in [9.17, 15) is 14.7 Å². The molecule has 0 radical (unpaired) electrons. The number of hydrogen-bond acceptors (Lipinski definition) is 5. The van der Waals surface area contributed by atoms with Crippen LogP contribution in [0, 0.1) is 5.92 Å². The van der Waals surface area contributed by atoms with Crippen LogP contribution in [-0.2, 0) is 11.2 Å². The normalized spacial score (nSPS) is 18.2. The third kappa shape index (κ3) is 4.97. The summed E-state index contributed by atoms with van der Waals surface area (Å²) in [5, 5.41) is 9.87. The van der Waals surface area contributed by atoms with Crippen LogP contribution in [0.2, 0.25) is 5.15 Å². The second-order valence-electron chi connectivity index (χ2n) is 9.46. The summed E-state index contributed by atoms with van der Waals surface area (Å²) in [4.78, 5) is 33.2. The lowest BCUT2D eigenvalue weighted by molar-refractivity contribution is -0.142. The molecule has 2 aromatic carbocycles. The summed E-state index contributed by atoms with van der Waals surface area (Å²) in [6.45, 7) is 0.537. The Morgan fingerprint density at radius 3 is 2.57 bits per heavy atom. The minimum Gasteiger partial charge on any atom is -0.481 e.